The molecule has 1 aliphatic heterocycles. The van der Waals surface area contributed by atoms with Gasteiger partial charge in [-0.05, 0) is 37.1 Å². The first-order valence-electron chi connectivity index (χ1n) is 10.6. The van der Waals surface area contributed by atoms with Crippen molar-refractivity contribution in [2.45, 2.75) is 18.9 Å². The molecule has 2 aromatic carbocycles. The molecule has 32 heavy (non-hydrogen) atoms. The molecule has 6 nitrogen and oxygen atoms in total. The number of nitrogens with one attached hydrogen (secondary N) is 1. The van der Waals surface area contributed by atoms with E-state index < -0.39 is 6.10 Å². The number of aromatic nitrogens is 1. The van der Waals surface area contributed by atoms with Crippen LogP contribution in [0.4, 0.5) is 5.82 Å². The van der Waals surface area contributed by atoms with Gasteiger partial charge >= 0.3 is 0 Å². The summed E-state index contributed by atoms with van der Waals surface area (Å²) in [6.07, 6.45) is 1.92. The Balaban J connectivity index is 1.40. The van der Waals surface area contributed by atoms with Crippen molar-refractivity contribution >= 4 is 29.2 Å². The van der Waals surface area contributed by atoms with Crippen LogP contribution >= 0.6 is 11.6 Å². The lowest BCUT2D eigenvalue weighted by Gasteiger charge is -2.33. The second kappa shape index (κ2) is 10.3. The molecule has 164 valence electrons. The molecule has 0 spiro atoms. The predicted molar refractivity (Wildman–Crippen MR) is 123 cm³/mol. The zero-order valence-electron chi connectivity index (χ0n) is 17.5. The van der Waals surface area contributed by atoms with E-state index in [1.165, 1.54) is 6.20 Å². The van der Waals surface area contributed by atoms with Gasteiger partial charge in [0.25, 0.3) is 5.91 Å². The van der Waals surface area contributed by atoms with E-state index in [-0.39, 0.29) is 17.7 Å². The molecule has 0 saturated carbocycles. The lowest BCUT2D eigenvalue weighted by Crippen LogP contribution is -2.44. The van der Waals surface area contributed by atoms with Crippen molar-refractivity contribution in [3.63, 3.8) is 0 Å². The summed E-state index contributed by atoms with van der Waals surface area (Å²) in [5.74, 6) is 0.741. The Kier molecular flexibility index (Phi) is 7.02. The number of carbonyl (C=O) groups is 2. The number of pyridine rings is 1. The maximum Gasteiger partial charge on any atom is 0.268 e. The summed E-state index contributed by atoms with van der Waals surface area (Å²) in [6, 6.07) is 22.2. The number of carbonyl (C=O) groups excluding carboxylic acids is 2. The van der Waals surface area contributed by atoms with Gasteiger partial charge in [-0.3, -0.25) is 9.59 Å². The Bertz CT molecular complexity index is 1040. The highest BCUT2D eigenvalue weighted by molar-refractivity contribution is 6.30. The van der Waals surface area contributed by atoms with Gasteiger partial charge in [-0.2, -0.15) is 0 Å². The number of hydrogen-bond acceptors (Lipinski definition) is 4. The maximum absolute atomic E-state index is 13.4. The molecule has 0 aliphatic carbocycles. The third-order valence-electron chi connectivity index (χ3n) is 5.48. The first-order valence-corrected chi connectivity index (χ1v) is 11.0. The van der Waals surface area contributed by atoms with Crippen molar-refractivity contribution in [1.29, 1.82) is 0 Å². The monoisotopic (exact) mass is 449 g/mol. The summed E-state index contributed by atoms with van der Waals surface area (Å²) >= 11 is 5.84. The number of amides is 2. The van der Waals surface area contributed by atoms with Crippen LogP contribution < -0.4 is 10.1 Å². The molecule has 2 heterocycles. The third-order valence-corrected chi connectivity index (χ3v) is 5.70. The topological polar surface area (TPSA) is 71.5 Å². The number of ether oxygens (including phenoxy) is 1. The predicted octanol–water partition coefficient (Wildman–Crippen LogP) is 4.73. The molecule has 1 N–H and O–H groups in total. The van der Waals surface area contributed by atoms with Crippen LogP contribution in [0.15, 0.2) is 79.0 Å². The first-order chi connectivity index (χ1) is 15.6. The zero-order chi connectivity index (χ0) is 22.3. The number of anilines is 1. The smallest absolute Gasteiger partial charge is 0.268 e. The van der Waals surface area contributed by atoms with Crippen molar-refractivity contribution in [1.82, 2.24) is 9.88 Å². The standard InChI is InChI=1S/C25H24ClN3O3/c26-20-11-12-22(27-17-20)28-24(30)19-13-15-29(16-14-19)25(31)23(18-7-3-1-4-8-18)32-21-9-5-2-6-10-21/h1-12,17,19,23H,13-16H2,(H,27,28,30). The molecule has 1 unspecified atom stereocenters. The van der Waals surface area contributed by atoms with Crippen LogP contribution in [-0.2, 0) is 9.59 Å². The molecular weight excluding hydrogens is 426 g/mol. The first kappa shape index (κ1) is 21.8. The molecule has 3 aromatic rings. The van der Waals surface area contributed by atoms with Crippen LogP contribution in [0, 0.1) is 5.92 Å². The fraction of sp³-hybridized carbons (Fsp3) is 0.240. The molecule has 4 rings (SSSR count). The number of likely N-dealkylation sites (tertiary alicyclic amines) is 1. The zero-order valence-corrected chi connectivity index (χ0v) is 18.2. The van der Waals surface area contributed by atoms with E-state index in [1.54, 1.807) is 17.0 Å². The minimum Gasteiger partial charge on any atom is -0.476 e. The van der Waals surface area contributed by atoms with Crippen LogP contribution in [-0.4, -0.2) is 34.8 Å². The minimum atomic E-state index is -0.734. The molecule has 1 aromatic heterocycles. The van der Waals surface area contributed by atoms with Gasteiger partial charge in [-0.1, -0.05) is 60.1 Å². The van der Waals surface area contributed by atoms with Crippen molar-refractivity contribution in [2.24, 2.45) is 5.92 Å². The molecule has 2 amide bonds. The second-order valence-corrected chi connectivity index (χ2v) is 8.11. The van der Waals surface area contributed by atoms with E-state index in [2.05, 4.69) is 10.3 Å². The number of benzene rings is 2. The van der Waals surface area contributed by atoms with Crippen LogP contribution in [0.25, 0.3) is 0 Å². The molecular formula is C25H24ClN3O3. The Labute approximate surface area is 192 Å². The number of rotatable bonds is 6. The van der Waals surface area contributed by atoms with Gasteiger partial charge in [0.15, 0.2) is 0 Å². The number of hydrogen-bond donors (Lipinski definition) is 1. The summed E-state index contributed by atoms with van der Waals surface area (Å²) in [4.78, 5) is 31.9. The van der Waals surface area contributed by atoms with Gasteiger partial charge in [0.2, 0.25) is 12.0 Å². The van der Waals surface area contributed by atoms with Crippen LogP contribution in [0.5, 0.6) is 5.75 Å². The number of nitrogens with zero attached hydrogens (tertiary/aromatic N) is 2. The van der Waals surface area contributed by atoms with E-state index in [1.807, 2.05) is 60.7 Å². The summed E-state index contributed by atoms with van der Waals surface area (Å²) in [6.45, 7) is 0.985. The maximum atomic E-state index is 13.4. The van der Waals surface area contributed by atoms with Crippen molar-refractivity contribution in [3.05, 3.63) is 89.6 Å². The number of halogens is 1. The highest BCUT2D eigenvalue weighted by atomic mass is 35.5. The Morgan fingerprint density at radius 1 is 0.969 bits per heavy atom. The molecule has 7 heteroatoms. The lowest BCUT2D eigenvalue weighted by atomic mass is 9.95. The normalized spacial score (nSPS) is 15.1. The third kappa shape index (κ3) is 5.45. The van der Waals surface area contributed by atoms with E-state index in [9.17, 15) is 9.59 Å². The van der Waals surface area contributed by atoms with E-state index >= 15 is 0 Å². The van der Waals surface area contributed by atoms with Crippen molar-refractivity contribution < 1.29 is 14.3 Å². The second-order valence-electron chi connectivity index (χ2n) is 7.67. The lowest BCUT2D eigenvalue weighted by molar-refractivity contribution is -0.141. The average Bonchev–Trinajstić information content (AvgIpc) is 2.85. The molecule has 1 aliphatic rings. The quantitative estimate of drug-likeness (QED) is 0.590. The number of para-hydroxylation sites is 1. The molecule has 1 atom stereocenters. The highest BCUT2D eigenvalue weighted by Crippen LogP contribution is 2.27. The van der Waals surface area contributed by atoms with Crippen LogP contribution in [0.1, 0.15) is 24.5 Å². The minimum absolute atomic E-state index is 0.0907. The van der Waals surface area contributed by atoms with Crippen molar-refractivity contribution in [2.75, 3.05) is 18.4 Å². The van der Waals surface area contributed by atoms with Crippen LogP contribution in [0.3, 0.4) is 0 Å². The molecule has 0 radical (unpaired) electrons. The van der Waals surface area contributed by atoms with Gasteiger partial charge in [0.05, 0.1) is 5.02 Å². The van der Waals surface area contributed by atoms with E-state index in [0.29, 0.717) is 42.5 Å². The Hall–Kier alpha value is -3.38. The van der Waals surface area contributed by atoms with Gasteiger partial charge in [0, 0.05) is 30.8 Å². The number of piperidine rings is 1. The summed E-state index contributed by atoms with van der Waals surface area (Å²) in [5.41, 5.74) is 0.801. The Morgan fingerprint density at radius 2 is 1.62 bits per heavy atom. The SMILES string of the molecule is O=C(Nc1ccc(Cl)cn1)C1CCN(C(=O)C(Oc2ccccc2)c2ccccc2)CC1. The van der Waals surface area contributed by atoms with Crippen LogP contribution in [0.2, 0.25) is 5.02 Å². The fourth-order valence-corrected chi connectivity index (χ4v) is 3.84. The Morgan fingerprint density at radius 3 is 2.25 bits per heavy atom. The summed E-state index contributed by atoms with van der Waals surface area (Å²) < 4.78 is 6.09. The highest BCUT2D eigenvalue weighted by Gasteiger charge is 2.32. The van der Waals surface area contributed by atoms with Gasteiger partial charge in [0.1, 0.15) is 11.6 Å². The van der Waals surface area contributed by atoms with Gasteiger partial charge in [-0.15, -0.1) is 0 Å². The summed E-state index contributed by atoms with van der Waals surface area (Å²) in [5, 5.41) is 3.34. The summed E-state index contributed by atoms with van der Waals surface area (Å²) in [7, 11) is 0. The van der Waals surface area contributed by atoms with Crippen molar-refractivity contribution in [3.8, 4) is 5.75 Å². The van der Waals surface area contributed by atoms with E-state index in [0.717, 1.165) is 5.56 Å². The van der Waals surface area contributed by atoms with Gasteiger partial charge < -0.3 is 15.0 Å². The molecule has 0 bridgehead atoms. The molecule has 1 fully saturated rings. The molecule has 1 saturated heterocycles. The fourth-order valence-electron chi connectivity index (χ4n) is 3.73. The average molecular weight is 450 g/mol. The van der Waals surface area contributed by atoms with E-state index in [4.69, 9.17) is 16.3 Å². The largest absolute Gasteiger partial charge is 0.476 e. The van der Waals surface area contributed by atoms with Gasteiger partial charge in [-0.25, -0.2) is 4.98 Å².